The SMILES string of the molecule is c1ccc(C2N=C(c3cccc4oc5cc(-c6ccc7c(c6)oc6cc(-n8c9ccccc9c9ccccc98)ccc67)ccc5c34)NC(c3ccccc3)N2)cc1. The van der Waals surface area contributed by atoms with Crippen molar-refractivity contribution in [2.24, 2.45) is 4.99 Å². The fourth-order valence-corrected chi connectivity index (χ4v) is 8.81. The predicted molar refractivity (Wildman–Crippen MR) is 232 cm³/mol. The van der Waals surface area contributed by atoms with Crippen LogP contribution in [-0.2, 0) is 0 Å². The first-order valence-electron chi connectivity index (χ1n) is 19.3. The third-order valence-electron chi connectivity index (χ3n) is 11.5. The van der Waals surface area contributed by atoms with Crippen LogP contribution in [0.1, 0.15) is 29.0 Å². The number of fused-ring (bicyclic) bond motifs is 9. The maximum absolute atomic E-state index is 6.62. The molecule has 2 atom stereocenters. The van der Waals surface area contributed by atoms with Crippen molar-refractivity contribution in [2.45, 2.75) is 12.3 Å². The van der Waals surface area contributed by atoms with E-state index in [1.54, 1.807) is 0 Å². The van der Waals surface area contributed by atoms with E-state index in [2.05, 4.69) is 173 Å². The molecule has 6 heteroatoms. The van der Waals surface area contributed by atoms with E-state index in [9.17, 15) is 0 Å². The van der Waals surface area contributed by atoms with Gasteiger partial charge < -0.3 is 18.7 Å². The van der Waals surface area contributed by atoms with Crippen LogP contribution in [0, 0.1) is 0 Å². The number of nitrogens with one attached hydrogen (secondary N) is 2. The molecule has 12 rings (SSSR count). The summed E-state index contributed by atoms with van der Waals surface area (Å²) >= 11 is 0. The summed E-state index contributed by atoms with van der Waals surface area (Å²) in [5, 5.41) is 14.2. The summed E-state index contributed by atoms with van der Waals surface area (Å²) in [5.41, 5.74) is 12.2. The van der Waals surface area contributed by atoms with Gasteiger partial charge in [-0.25, -0.2) is 4.99 Å². The summed E-state index contributed by atoms with van der Waals surface area (Å²) in [7, 11) is 0. The Morgan fingerprint density at radius 1 is 0.456 bits per heavy atom. The van der Waals surface area contributed by atoms with E-state index in [1.165, 1.54) is 21.8 Å². The predicted octanol–water partition coefficient (Wildman–Crippen LogP) is 12.6. The zero-order valence-electron chi connectivity index (χ0n) is 30.7. The number of rotatable bonds is 5. The second-order valence-electron chi connectivity index (χ2n) is 14.8. The van der Waals surface area contributed by atoms with Crippen molar-refractivity contribution in [3.05, 3.63) is 199 Å². The Morgan fingerprint density at radius 3 is 1.75 bits per heavy atom. The van der Waals surface area contributed by atoms with Gasteiger partial charge in [-0.05, 0) is 76.9 Å². The summed E-state index contributed by atoms with van der Waals surface area (Å²) in [5.74, 6) is 0.825. The zero-order chi connectivity index (χ0) is 37.5. The summed E-state index contributed by atoms with van der Waals surface area (Å²) in [6, 6.07) is 63.8. The van der Waals surface area contributed by atoms with E-state index >= 15 is 0 Å². The minimum absolute atomic E-state index is 0.127. The van der Waals surface area contributed by atoms with Crippen LogP contribution in [0.4, 0.5) is 0 Å². The Hall–Kier alpha value is -7.41. The monoisotopic (exact) mass is 734 g/mol. The van der Waals surface area contributed by atoms with Gasteiger partial charge in [-0.2, -0.15) is 0 Å². The van der Waals surface area contributed by atoms with Gasteiger partial charge in [0.25, 0.3) is 0 Å². The fourth-order valence-electron chi connectivity index (χ4n) is 8.81. The number of nitrogens with zero attached hydrogens (tertiary/aromatic N) is 2. The normalized spacial score (nSPS) is 15.9. The molecule has 0 radical (unpaired) electrons. The van der Waals surface area contributed by atoms with Gasteiger partial charge in [0.05, 0.1) is 11.0 Å². The molecule has 0 bridgehead atoms. The Morgan fingerprint density at radius 2 is 1.04 bits per heavy atom. The minimum Gasteiger partial charge on any atom is -0.456 e. The molecule has 57 heavy (non-hydrogen) atoms. The van der Waals surface area contributed by atoms with Crippen molar-refractivity contribution in [2.75, 3.05) is 0 Å². The van der Waals surface area contributed by atoms with Gasteiger partial charge in [0.1, 0.15) is 40.5 Å². The highest BCUT2D eigenvalue weighted by atomic mass is 16.3. The molecular formula is C51H34N4O2. The number of aromatic nitrogens is 1. The van der Waals surface area contributed by atoms with E-state index in [0.717, 1.165) is 83.2 Å². The Labute approximate surface area is 327 Å². The molecular weight excluding hydrogens is 701 g/mol. The van der Waals surface area contributed by atoms with Gasteiger partial charge in [-0.15, -0.1) is 0 Å². The standard InChI is InChI=1S/C51H34N4O2/c1-3-12-31(13-4-1)49-52-50(32-14-5-2-6-15-32)54-51(53-49)41-18-11-21-44-48(41)40-26-23-34(29-46(40)56-44)33-22-25-38-39-27-24-35(30-47(39)57-45(38)28-33)55-42-19-9-7-16-36(42)37-17-8-10-20-43(37)55/h1-30,49-50,52H,(H,53,54). The second-order valence-corrected chi connectivity index (χ2v) is 14.8. The van der Waals surface area contributed by atoms with Gasteiger partial charge in [0.2, 0.25) is 0 Å². The van der Waals surface area contributed by atoms with E-state index < -0.39 is 0 Å². The van der Waals surface area contributed by atoms with Gasteiger partial charge in [0.15, 0.2) is 0 Å². The summed E-state index contributed by atoms with van der Waals surface area (Å²) in [6.45, 7) is 0. The third kappa shape index (κ3) is 5.12. The second kappa shape index (κ2) is 12.6. The lowest BCUT2D eigenvalue weighted by atomic mass is 10.00. The molecule has 0 spiro atoms. The van der Waals surface area contributed by atoms with Crippen LogP contribution in [0.5, 0.6) is 0 Å². The first kappa shape index (κ1) is 31.9. The maximum Gasteiger partial charge on any atom is 0.137 e. The van der Waals surface area contributed by atoms with Crippen molar-refractivity contribution >= 4 is 71.5 Å². The molecule has 2 unspecified atom stereocenters. The molecule has 0 aliphatic carbocycles. The van der Waals surface area contributed by atoms with Crippen LogP contribution in [0.15, 0.2) is 196 Å². The molecule has 0 saturated heterocycles. The largest absolute Gasteiger partial charge is 0.456 e. The van der Waals surface area contributed by atoms with E-state index in [0.29, 0.717) is 0 Å². The molecule has 1 aliphatic heterocycles. The molecule has 6 nitrogen and oxygen atoms in total. The molecule has 11 aromatic rings. The Balaban J connectivity index is 0.929. The van der Waals surface area contributed by atoms with E-state index in [1.807, 2.05) is 24.3 Å². The van der Waals surface area contributed by atoms with Gasteiger partial charge in [0, 0.05) is 49.6 Å². The summed E-state index contributed by atoms with van der Waals surface area (Å²) in [4.78, 5) is 5.23. The van der Waals surface area contributed by atoms with Crippen LogP contribution < -0.4 is 10.6 Å². The average molecular weight is 735 g/mol. The molecule has 270 valence electrons. The topological polar surface area (TPSA) is 67.6 Å². The lowest BCUT2D eigenvalue weighted by Gasteiger charge is -2.32. The van der Waals surface area contributed by atoms with Gasteiger partial charge in [-0.1, -0.05) is 121 Å². The average Bonchev–Trinajstić information content (AvgIpc) is 3.95. The van der Waals surface area contributed by atoms with Crippen LogP contribution in [0.2, 0.25) is 0 Å². The first-order chi connectivity index (χ1) is 28.2. The van der Waals surface area contributed by atoms with Crippen LogP contribution in [0.3, 0.4) is 0 Å². The highest BCUT2D eigenvalue weighted by Crippen LogP contribution is 2.39. The zero-order valence-corrected chi connectivity index (χ0v) is 30.7. The number of hydrogen-bond acceptors (Lipinski definition) is 5. The van der Waals surface area contributed by atoms with Gasteiger partial charge >= 0.3 is 0 Å². The molecule has 3 aromatic heterocycles. The molecule has 8 aromatic carbocycles. The minimum atomic E-state index is -0.221. The first-order valence-corrected chi connectivity index (χ1v) is 19.3. The van der Waals surface area contributed by atoms with Crippen molar-refractivity contribution in [3.63, 3.8) is 0 Å². The number of benzene rings is 8. The summed E-state index contributed by atoms with van der Waals surface area (Å²) in [6.07, 6.45) is -0.349. The quantitative estimate of drug-likeness (QED) is 0.185. The van der Waals surface area contributed by atoms with Crippen molar-refractivity contribution in [3.8, 4) is 16.8 Å². The van der Waals surface area contributed by atoms with Gasteiger partial charge in [-0.3, -0.25) is 5.32 Å². The number of amidine groups is 1. The van der Waals surface area contributed by atoms with Crippen molar-refractivity contribution in [1.29, 1.82) is 0 Å². The third-order valence-corrected chi connectivity index (χ3v) is 11.5. The van der Waals surface area contributed by atoms with Crippen molar-refractivity contribution < 1.29 is 8.83 Å². The number of para-hydroxylation sites is 2. The Kier molecular flexibility index (Phi) is 7.03. The van der Waals surface area contributed by atoms with Crippen molar-refractivity contribution in [1.82, 2.24) is 15.2 Å². The number of furan rings is 2. The van der Waals surface area contributed by atoms with Crippen LogP contribution >= 0.6 is 0 Å². The van der Waals surface area contributed by atoms with E-state index in [-0.39, 0.29) is 12.3 Å². The fraction of sp³-hybridized carbons (Fsp3) is 0.0392. The summed E-state index contributed by atoms with van der Waals surface area (Å²) < 4.78 is 15.5. The molecule has 1 aliphatic rings. The lowest BCUT2D eigenvalue weighted by molar-refractivity contribution is 0.409. The van der Waals surface area contributed by atoms with Crippen LogP contribution in [0.25, 0.3) is 82.5 Å². The van der Waals surface area contributed by atoms with E-state index in [4.69, 9.17) is 13.8 Å². The lowest BCUT2D eigenvalue weighted by Crippen LogP contribution is -2.45. The molecule has 0 saturated carbocycles. The molecule has 0 amide bonds. The highest BCUT2D eigenvalue weighted by Gasteiger charge is 2.27. The van der Waals surface area contributed by atoms with Crippen LogP contribution in [-0.4, -0.2) is 10.4 Å². The smallest absolute Gasteiger partial charge is 0.137 e. The molecule has 2 N–H and O–H groups in total. The molecule has 0 fully saturated rings. The number of aliphatic imine (C=N–C) groups is 1. The number of hydrogen-bond donors (Lipinski definition) is 2. The maximum atomic E-state index is 6.62. The Bertz CT molecular complexity index is 3320. The molecule has 4 heterocycles. The highest BCUT2D eigenvalue weighted by molar-refractivity contribution is 6.18.